The van der Waals surface area contributed by atoms with Crippen LogP contribution in [-0.2, 0) is 11.3 Å². The predicted octanol–water partition coefficient (Wildman–Crippen LogP) is 6.50. The number of allylic oxidation sites excluding steroid dienone is 1. The topological polar surface area (TPSA) is 53.2 Å². The van der Waals surface area contributed by atoms with Gasteiger partial charge in [-0.1, -0.05) is 91.8 Å². The van der Waals surface area contributed by atoms with Crippen LogP contribution in [0.1, 0.15) is 61.0 Å². The summed E-state index contributed by atoms with van der Waals surface area (Å²) < 4.78 is 5.83. The SMILES string of the molecule is CC(C)[Si](/C(C#N)=C/[C@H](C)[C@@H](O)[C@@H](C)COCc1ccccc1)(C(C)C)C(C)C. The summed E-state index contributed by atoms with van der Waals surface area (Å²) in [6, 6.07) is 12.6. The fourth-order valence-electron chi connectivity index (χ4n) is 5.13. The normalized spacial score (nSPS) is 16.2. The molecule has 0 saturated heterocycles. The van der Waals surface area contributed by atoms with Crippen LogP contribution < -0.4 is 0 Å². The van der Waals surface area contributed by atoms with Crippen molar-refractivity contribution in [1.82, 2.24) is 0 Å². The number of nitriles is 1. The zero-order valence-corrected chi connectivity index (χ0v) is 20.6. The number of hydrogen-bond donors (Lipinski definition) is 1. The van der Waals surface area contributed by atoms with E-state index < -0.39 is 14.2 Å². The van der Waals surface area contributed by atoms with Crippen molar-refractivity contribution >= 4 is 8.07 Å². The van der Waals surface area contributed by atoms with E-state index in [2.05, 4.69) is 53.7 Å². The molecular weight excluding hydrogens is 374 g/mol. The van der Waals surface area contributed by atoms with Crippen LogP contribution in [0.4, 0.5) is 0 Å². The Hall–Kier alpha value is -1.41. The van der Waals surface area contributed by atoms with E-state index in [1.165, 1.54) is 0 Å². The third-order valence-electron chi connectivity index (χ3n) is 6.50. The third-order valence-corrected chi connectivity index (χ3v) is 13.4. The van der Waals surface area contributed by atoms with Gasteiger partial charge in [0, 0.05) is 17.0 Å². The summed E-state index contributed by atoms with van der Waals surface area (Å²) in [6.07, 6.45) is 1.54. The molecule has 3 nitrogen and oxygen atoms in total. The van der Waals surface area contributed by atoms with Crippen molar-refractivity contribution in [3.8, 4) is 6.07 Å². The van der Waals surface area contributed by atoms with Gasteiger partial charge >= 0.3 is 0 Å². The second kappa shape index (κ2) is 11.7. The van der Waals surface area contributed by atoms with Crippen molar-refractivity contribution in [3.63, 3.8) is 0 Å². The number of aliphatic hydroxyl groups excluding tert-OH is 1. The van der Waals surface area contributed by atoms with E-state index in [1.54, 1.807) is 0 Å². The maximum Gasteiger partial charge on any atom is 0.107 e. The number of benzene rings is 1. The van der Waals surface area contributed by atoms with Crippen LogP contribution in [0.3, 0.4) is 0 Å². The van der Waals surface area contributed by atoms with Gasteiger partial charge in [0.15, 0.2) is 0 Å². The van der Waals surface area contributed by atoms with E-state index in [4.69, 9.17) is 4.74 Å². The molecule has 0 aliphatic rings. The van der Waals surface area contributed by atoms with Crippen LogP contribution in [0.15, 0.2) is 41.6 Å². The average Bonchev–Trinajstić information content (AvgIpc) is 2.66. The highest BCUT2D eigenvalue weighted by Gasteiger charge is 2.46. The Morgan fingerprint density at radius 2 is 1.52 bits per heavy atom. The lowest BCUT2D eigenvalue weighted by atomic mass is 9.93. The fourth-order valence-corrected chi connectivity index (χ4v) is 11.7. The highest BCUT2D eigenvalue weighted by molar-refractivity contribution is 6.90. The van der Waals surface area contributed by atoms with Crippen molar-refractivity contribution in [2.75, 3.05) is 6.61 Å². The largest absolute Gasteiger partial charge is 0.392 e. The molecule has 0 heterocycles. The van der Waals surface area contributed by atoms with Crippen LogP contribution in [0.5, 0.6) is 0 Å². The van der Waals surface area contributed by atoms with Gasteiger partial charge < -0.3 is 9.84 Å². The standard InChI is InChI=1S/C25H41NO2Si/c1-18(2)29(19(3)4,20(5)6)24(15-26)14-21(7)25(27)22(8)16-28-17-23-12-10-9-11-13-23/h9-14,18-22,25,27H,16-17H2,1-8H3/b24-14+/t21-,22-,25+/m0/s1. The quantitative estimate of drug-likeness (QED) is 0.331. The molecule has 0 bridgehead atoms. The molecule has 0 amide bonds. The first kappa shape index (κ1) is 25.6. The molecule has 0 saturated carbocycles. The Bertz CT molecular complexity index is 654. The summed E-state index contributed by atoms with van der Waals surface area (Å²) in [4.78, 5) is 0. The molecule has 1 rings (SSSR count). The molecule has 1 aromatic rings. The van der Waals surface area contributed by atoms with E-state index >= 15 is 0 Å². The Balaban J connectivity index is 2.91. The summed E-state index contributed by atoms with van der Waals surface area (Å²) in [5.41, 5.74) is 2.56. The first-order chi connectivity index (χ1) is 13.6. The van der Waals surface area contributed by atoms with Crippen LogP contribution in [0.25, 0.3) is 0 Å². The molecule has 0 fully saturated rings. The van der Waals surface area contributed by atoms with E-state index in [-0.39, 0.29) is 11.8 Å². The Morgan fingerprint density at radius 1 is 1.00 bits per heavy atom. The van der Waals surface area contributed by atoms with E-state index in [0.717, 1.165) is 10.8 Å². The summed E-state index contributed by atoms with van der Waals surface area (Å²) in [6.45, 7) is 18.7. The molecule has 1 aromatic carbocycles. The second-order valence-electron chi connectivity index (χ2n) is 9.42. The molecule has 3 atom stereocenters. The molecular formula is C25H41NO2Si. The lowest BCUT2D eigenvalue weighted by Crippen LogP contribution is -2.47. The smallest absolute Gasteiger partial charge is 0.107 e. The van der Waals surface area contributed by atoms with E-state index in [9.17, 15) is 10.4 Å². The molecule has 0 aliphatic heterocycles. The van der Waals surface area contributed by atoms with Crippen molar-refractivity contribution in [2.45, 2.75) is 84.7 Å². The zero-order valence-electron chi connectivity index (χ0n) is 19.6. The molecule has 0 unspecified atom stereocenters. The Labute approximate surface area is 179 Å². The molecule has 0 aliphatic carbocycles. The van der Waals surface area contributed by atoms with Gasteiger partial charge in [-0.15, -0.1) is 0 Å². The molecule has 1 N–H and O–H groups in total. The number of nitrogens with zero attached hydrogens (tertiary/aromatic N) is 1. The minimum Gasteiger partial charge on any atom is -0.392 e. The lowest BCUT2D eigenvalue weighted by molar-refractivity contribution is 0.0133. The van der Waals surface area contributed by atoms with Crippen LogP contribution in [0, 0.1) is 23.2 Å². The highest BCUT2D eigenvalue weighted by Crippen LogP contribution is 2.46. The molecule has 4 heteroatoms. The lowest BCUT2D eigenvalue weighted by Gasteiger charge is -2.43. The monoisotopic (exact) mass is 415 g/mol. The van der Waals surface area contributed by atoms with Gasteiger partial charge in [0.25, 0.3) is 0 Å². The first-order valence-electron chi connectivity index (χ1n) is 11.0. The highest BCUT2D eigenvalue weighted by atomic mass is 28.3. The number of aliphatic hydroxyl groups is 1. The Morgan fingerprint density at radius 3 is 1.97 bits per heavy atom. The molecule has 0 aromatic heterocycles. The van der Waals surface area contributed by atoms with Crippen LogP contribution in [0.2, 0.25) is 16.6 Å². The van der Waals surface area contributed by atoms with Gasteiger partial charge in [0.2, 0.25) is 0 Å². The number of ether oxygens (including phenoxy) is 1. The molecule has 0 radical (unpaired) electrons. The van der Waals surface area contributed by atoms with Crippen molar-refractivity contribution in [3.05, 3.63) is 47.2 Å². The maximum absolute atomic E-state index is 10.9. The second-order valence-corrected chi connectivity index (χ2v) is 15.3. The molecule has 29 heavy (non-hydrogen) atoms. The predicted molar refractivity (Wildman–Crippen MR) is 125 cm³/mol. The minimum absolute atomic E-state index is 0.00174. The number of hydrogen-bond acceptors (Lipinski definition) is 3. The Kier molecular flexibility index (Phi) is 10.3. The first-order valence-corrected chi connectivity index (χ1v) is 13.2. The van der Waals surface area contributed by atoms with Crippen LogP contribution >= 0.6 is 0 Å². The summed E-state index contributed by atoms with van der Waals surface area (Å²) in [5, 5.41) is 21.9. The van der Waals surface area contributed by atoms with Gasteiger partial charge in [-0.05, 0) is 22.2 Å². The van der Waals surface area contributed by atoms with Crippen molar-refractivity contribution in [2.24, 2.45) is 11.8 Å². The van der Waals surface area contributed by atoms with Gasteiger partial charge in [0.1, 0.15) is 8.07 Å². The summed E-state index contributed by atoms with van der Waals surface area (Å²) in [7, 11) is -2.01. The molecule has 0 spiro atoms. The molecule has 162 valence electrons. The minimum atomic E-state index is -2.01. The summed E-state index contributed by atoms with van der Waals surface area (Å²) in [5.74, 6) is -0.0822. The number of rotatable bonds is 11. The maximum atomic E-state index is 10.9. The van der Waals surface area contributed by atoms with Gasteiger partial charge in [-0.2, -0.15) is 5.26 Å². The van der Waals surface area contributed by atoms with Gasteiger partial charge in [0.05, 0.1) is 25.4 Å². The van der Waals surface area contributed by atoms with E-state index in [0.29, 0.717) is 29.8 Å². The fraction of sp³-hybridized carbons (Fsp3) is 0.640. The van der Waals surface area contributed by atoms with Crippen molar-refractivity contribution in [1.29, 1.82) is 5.26 Å². The van der Waals surface area contributed by atoms with Crippen molar-refractivity contribution < 1.29 is 9.84 Å². The summed E-state index contributed by atoms with van der Waals surface area (Å²) >= 11 is 0. The zero-order chi connectivity index (χ0) is 22.2. The van der Waals surface area contributed by atoms with E-state index in [1.807, 2.05) is 44.2 Å². The van der Waals surface area contributed by atoms with Gasteiger partial charge in [-0.3, -0.25) is 0 Å². The van der Waals surface area contributed by atoms with Gasteiger partial charge in [-0.25, -0.2) is 0 Å². The third kappa shape index (κ3) is 6.28. The van der Waals surface area contributed by atoms with Crippen LogP contribution in [-0.4, -0.2) is 25.9 Å². The average molecular weight is 416 g/mol.